The van der Waals surface area contributed by atoms with Crippen LogP contribution >= 0.6 is 11.6 Å². The summed E-state index contributed by atoms with van der Waals surface area (Å²) in [5.74, 6) is -2.84. The van der Waals surface area contributed by atoms with E-state index in [0.29, 0.717) is 23.8 Å². The molecule has 134 valence electrons. The fourth-order valence-corrected chi connectivity index (χ4v) is 2.73. The number of nitrogens with zero attached hydrogens (tertiary/aromatic N) is 4. The molecule has 0 saturated heterocycles. The van der Waals surface area contributed by atoms with Crippen LogP contribution in [0.25, 0.3) is 5.69 Å². The second-order valence-corrected chi connectivity index (χ2v) is 6.84. The third-order valence-electron chi connectivity index (χ3n) is 4.07. The maximum absolute atomic E-state index is 13.1. The van der Waals surface area contributed by atoms with Crippen LogP contribution in [0, 0.1) is 5.92 Å². The average Bonchev–Trinajstić information content (AvgIpc) is 3.31. The molecule has 2 aromatic heterocycles. The molecule has 0 aliphatic heterocycles. The highest BCUT2D eigenvalue weighted by Gasteiger charge is 2.31. The Labute approximate surface area is 149 Å². The van der Waals surface area contributed by atoms with Crippen LogP contribution in [-0.2, 0) is 4.79 Å². The largest absolute Gasteiger partial charge is 0.308 e. The molecule has 0 atom stereocenters. The lowest BCUT2D eigenvalue weighted by Crippen LogP contribution is -2.33. The number of carbonyl (C=O) groups excluding carboxylic acids is 1. The Hall–Kier alpha value is -2.02. The van der Waals surface area contributed by atoms with Crippen LogP contribution in [0.2, 0.25) is 5.15 Å². The number of alkyl halides is 2. The second kappa shape index (κ2) is 7.07. The van der Waals surface area contributed by atoms with Gasteiger partial charge in [-0.2, -0.15) is 5.10 Å². The molecular formula is C17H19ClF2N4O. The molecule has 1 aliphatic carbocycles. The molecular weight excluding hydrogens is 350 g/mol. The number of carbonyl (C=O) groups is 1. The molecule has 5 nitrogen and oxygen atoms in total. The van der Waals surface area contributed by atoms with Crippen molar-refractivity contribution in [2.75, 3.05) is 11.4 Å². The van der Waals surface area contributed by atoms with E-state index in [1.54, 1.807) is 24.7 Å². The minimum Gasteiger partial charge on any atom is -0.308 e. The minimum absolute atomic E-state index is 0.168. The zero-order chi connectivity index (χ0) is 18.0. The first-order valence-corrected chi connectivity index (χ1v) is 8.55. The molecule has 0 spiro atoms. The van der Waals surface area contributed by atoms with Crippen molar-refractivity contribution >= 4 is 23.2 Å². The van der Waals surface area contributed by atoms with E-state index in [1.165, 1.54) is 9.58 Å². The topological polar surface area (TPSA) is 51.0 Å². The summed E-state index contributed by atoms with van der Waals surface area (Å²) in [5, 5.41) is 4.39. The Morgan fingerprint density at radius 2 is 2.24 bits per heavy atom. The monoisotopic (exact) mass is 368 g/mol. The van der Waals surface area contributed by atoms with Gasteiger partial charge in [0.05, 0.1) is 18.1 Å². The Bertz CT molecular complexity index is 741. The Balaban J connectivity index is 1.83. The number of aromatic nitrogens is 3. The first kappa shape index (κ1) is 17.8. The van der Waals surface area contributed by atoms with Crippen LogP contribution in [-0.4, -0.2) is 33.1 Å². The molecule has 0 bridgehead atoms. The van der Waals surface area contributed by atoms with Crippen molar-refractivity contribution in [1.29, 1.82) is 0 Å². The van der Waals surface area contributed by atoms with Gasteiger partial charge in [0.2, 0.25) is 11.8 Å². The summed E-state index contributed by atoms with van der Waals surface area (Å²) in [6.07, 6.45) is 6.25. The van der Waals surface area contributed by atoms with Gasteiger partial charge in [-0.15, -0.1) is 0 Å². The number of amides is 1. The molecule has 3 rings (SSSR count). The zero-order valence-electron chi connectivity index (χ0n) is 13.8. The number of hydrogen-bond donors (Lipinski definition) is 0. The number of halogens is 3. The normalized spacial score (nSPS) is 14.6. The summed E-state index contributed by atoms with van der Waals surface area (Å²) in [4.78, 5) is 18.1. The summed E-state index contributed by atoms with van der Waals surface area (Å²) in [6, 6.07) is 3.58. The van der Waals surface area contributed by atoms with Gasteiger partial charge in [0.25, 0.3) is 0 Å². The Morgan fingerprint density at radius 3 is 2.84 bits per heavy atom. The van der Waals surface area contributed by atoms with Gasteiger partial charge in [-0.1, -0.05) is 11.6 Å². The van der Waals surface area contributed by atoms with Gasteiger partial charge in [-0.3, -0.25) is 9.78 Å². The fraction of sp³-hybridized carbons (Fsp3) is 0.471. The van der Waals surface area contributed by atoms with E-state index in [4.69, 9.17) is 11.6 Å². The highest BCUT2D eigenvalue weighted by atomic mass is 35.5. The molecule has 0 unspecified atom stereocenters. The predicted molar refractivity (Wildman–Crippen MR) is 91.3 cm³/mol. The molecule has 1 amide bonds. The molecule has 8 heteroatoms. The molecule has 1 aliphatic rings. The summed E-state index contributed by atoms with van der Waals surface area (Å²) in [7, 11) is 0. The van der Waals surface area contributed by atoms with Crippen molar-refractivity contribution in [3.05, 3.63) is 35.9 Å². The first-order valence-electron chi connectivity index (χ1n) is 8.17. The van der Waals surface area contributed by atoms with Crippen LogP contribution in [0.15, 0.2) is 30.7 Å². The molecule has 25 heavy (non-hydrogen) atoms. The Morgan fingerprint density at radius 1 is 1.48 bits per heavy atom. The maximum Gasteiger partial charge on any atom is 0.245 e. The van der Waals surface area contributed by atoms with E-state index >= 15 is 0 Å². The second-order valence-electron chi connectivity index (χ2n) is 6.48. The van der Waals surface area contributed by atoms with Crippen LogP contribution in [0.5, 0.6) is 0 Å². The number of hydrogen-bond acceptors (Lipinski definition) is 3. The standard InChI is InChI=1S/C17H19ClF2N4O/c1-17(19,20)7-6-15(25)23(10-12-4-5-12)14-11-24(22-16(14)18)13-3-2-8-21-9-13/h2-3,8-9,11-12H,4-7,10H2,1H3. The summed E-state index contributed by atoms with van der Waals surface area (Å²) < 4.78 is 27.7. The Kier molecular flexibility index (Phi) is 5.03. The first-order chi connectivity index (χ1) is 11.8. The molecule has 1 fully saturated rings. The number of rotatable bonds is 7. The van der Waals surface area contributed by atoms with E-state index in [1.807, 2.05) is 6.07 Å². The number of anilines is 1. The third kappa shape index (κ3) is 4.75. The van der Waals surface area contributed by atoms with E-state index < -0.39 is 12.3 Å². The molecule has 0 radical (unpaired) electrons. The summed E-state index contributed by atoms with van der Waals surface area (Å²) >= 11 is 6.23. The van der Waals surface area contributed by atoms with Crippen LogP contribution in [0.3, 0.4) is 0 Å². The lowest BCUT2D eigenvalue weighted by Gasteiger charge is -2.22. The lowest BCUT2D eigenvalue weighted by atomic mass is 10.2. The van der Waals surface area contributed by atoms with Gasteiger partial charge in [-0.05, 0) is 37.8 Å². The van der Waals surface area contributed by atoms with Gasteiger partial charge in [0, 0.05) is 25.6 Å². The molecule has 2 aromatic rings. The molecule has 1 saturated carbocycles. The highest BCUT2D eigenvalue weighted by Crippen LogP contribution is 2.34. The van der Waals surface area contributed by atoms with Crippen molar-refractivity contribution in [3.8, 4) is 5.69 Å². The van der Waals surface area contributed by atoms with Gasteiger partial charge < -0.3 is 4.90 Å². The average molecular weight is 369 g/mol. The van der Waals surface area contributed by atoms with Crippen molar-refractivity contribution in [3.63, 3.8) is 0 Å². The predicted octanol–water partition coefficient (Wildman–Crippen LogP) is 4.10. The van der Waals surface area contributed by atoms with E-state index in [0.717, 1.165) is 19.8 Å². The molecule has 0 aromatic carbocycles. The smallest absolute Gasteiger partial charge is 0.245 e. The number of pyridine rings is 1. The molecule has 2 heterocycles. The quantitative estimate of drug-likeness (QED) is 0.739. The van der Waals surface area contributed by atoms with E-state index in [2.05, 4.69) is 10.1 Å². The van der Waals surface area contributed by atoms with E-state index in [-0.39, 0.29) is 17.5 Å². The van der Waals surface area contributed by atoms with E-state index in [9.17, 15) is 13.6 Å². The zero-order valence-corrected chi connectivity index (χ0v) is 14.6. The van der Waals surface area contributed by atoms with Gasteiger partial charge in [0.1, 0.15) is 5.69 Å². The van der Waals surface area contributed by atoms with Crippen molar-refractivity contribution < 1.29 is 13.6 Å². The van der Waals surface area contributed by atoms with Crippen LogP contribution in [0.1, 0.15) is 32.6 Å². The maximum atomic E-state index is 13.1. The SMILES string of the molecule is CC(F)(F)CCC(=O)N(CC1CC1)c1cn(-c2cccnc2)nc1Cl. The minimum atomic E-state index is -2.87. The van der Waals surface area contributed by atoms with Crippen molar-refractivity contribution in [1.82, 2.24) is 14.8 Å². The van der Waals surface area contributed by atoms with Crippen LogP contribution in [0.4, 0.5) is 14.5 Å². The van der Waals surface area contributed by atoms with Crippen molar-refractivity contribution in [2.24, 2.45) is 5.92 Å². The van der Waals surface area contributed by atoms with Crippen molar-refractivity contribution in [2.45, 2.75) is 38.5 Å². The summed E-state index contributed by atoms with van der Waals surface area (Å²) in [5.41, 5.74) is 1.15. The van der Waals surface area contributed by atoms with Gasteiger partial charge in [0.15, 0.2) is 5.15 Å². The third-order valence-corrected chi connectivity index (χ3v) is 4.34. The van der Waals surface area contributed by atoms with Gasteiger partial charge >= 0.3 is 0 Å². The summed E-state index contributed by atoms with van der Waals surface area (Å²) in [6.45, 7) is 1.30. The lowest BCUT2D eigenvalue weighted by molar-refractivity contribution is -0.120. The van der Waals surface area contributed by atoms with Crippen LogP contribution < -0.4 is 4.90 Å². The highest BCUT2D eigenvalue weighted by molar-refractivity contribution is 6.32. The molecule has 0 N–H and O–H groups in total. The van der Waals surface area contributed by atoms with Gasteiger partial charge in [-0.25, -0.2) is 13.5 Å². The fourth-order valence-electron chi connectivity index (χ4n) is 2.50.